The molecule has 1 atom stereocenters. The number of H-pyrrole nitrogens is 1. The molecule has 1 amide bonds. The van der Waals surface area contributed by atoms with Crippen molar-refractivity contribution >= 4 is 41.6 Å². The van der Waals surface area contributed by atoms with Crippen LogP contribution in [0.5, 0.6) is 0 Å². The van der Waals surface area contributed by atoms with Crippen LogP contribution in [0.4, 0.5) is 11.5 Å². The lowest BCUT2D eigenvalue weighted by Gasteiger charge is -2.33. The average molecular weight is 281 g/mol. The summed E-state index contributed by atoms with van der Waals surface area (Å²) in [7, 11) is 0. The summed E-state index contributed by atoms with van der Waals surface area (Å²) in [5, 5.41) is 3.38. The molecule has 2 aromatic rings. The molecule has 5 nitrogen and oxygen atoms in total. The van der Waals surface area contributed by atoms with Gasteiger partial charge in [0.1, 0.15) is 5.69 Å². The predicted octanol–water partition coefficient (Wildman–Crippen LogP) is 2.16. The zero-order chi connectivity index (χ0) is 12.7. The van der Waals surface area contributed by atoms with Crippen LogP contribution < -0.4 is 10.2 Å². The van der Waals surface area contributed by atoms with Crippen molar-refractivity contribution in [2.75, 3.05) is 4.90 Å². The lowest BCUT2D eigenvalue weighted by molar-refractivity contribution is 0.0940. The Morgan fingerprint density at radius 3 is 2.78 bits per heavy atom. The third-order valence-electron chi connectivity index (χ3n) is 2.68. The molecule has 92 valence electrons. The predicted molar refractivity (Wildman–Crippen MR) is 72.4 cm³/mol. The first-order valence-corrected chi connectivity index (χ1v) is 6.13. The van der Waals surface area contributed by atoms with E-state index in [1.807, 2.05) is 17.0 Å². The Morgan fingerprint density at radius 1 is 1.33 bits per heavy atom. The van der Waals surface area contributed by atoms with E-state index in [9.17, 15) is 4.79 Å². The van der Waals surface area contributed by atoms with Crippen LogP contribution in [0, 0.1) is 0 Å². The minimum atomic E-state index is -0.463. The molecule has 2 N–H and O–H groups in total. The Balaban J connectivity index is 2.09. The monoisotopic (exact) mass is 280 g/mol. The normalized spacial score (nSPS) is 18.4. The van der Waals surface area contributed by atoms with Crippen molar-refractivity contribution in [1.29, 1.82) is 0 Å². The van der Waals surface area contributed by atoms with Gasteiger partial charge >= 0.3 is 0 Å². The van der Waals surface area contributed by atoms with Crippen molar-refractivity contribution in [3.8, 4) is 0 Å². The van der Waals surface area contributed by atoms with Gasteiger partial charge in [-0.25, -0.2) is 4.98 Å². The Morgan fingerprint density at radius 2 is 2.06 bits per heavy atom. The van der Waals surface area contributed by atoms with Gasteiger partial charge in [-0.3, -0.25) is 9.69 Å². The molecule has 0 spiro atoms. The topological polar surface area (TPSA) is 61.0 Å². The fourth-order valence-corrected chi connectivity index (χ4v) is 2.36. The fraction of sp³-hybridized carbons (Fsp3) is 0.0909. The molecule has 7 heteroatoms. The Labute approximate surface area is 114 Å². The van der Waals surface area contributed by atoms with Crippen LogP contribution in [-0.2, 0) is 0 Å². The molecular weight excluding hydrogens is 272 g/mol. The first-order chi connectivity index (χ1) is 8.66. The number of thiol groups is 1. The summed E-state index contributed by atoms with van der Waals surface area (Å²) < 4.78 is 0. The van der Waals surface area contributed by atoms with Crippen molar-refractivity contribution in [3.63, 3.8) is 0 Å². The molecule has 1 aromatic carbocycles. The number of aromatic nitrogens is 2. The van der Waals surface area contributed by atoms with E-state index < -0.39 is 5.50 Å². The largest absolute Gasteiger partial charge is 0.339 e. The number of anilines is 2. The molecule has 0 bridgehead atoms. The van der Waals surface area contributed by atoms with Crippen LogP contribution in [-0.4, -0.2) is 21.4 Å². The minimum Gasteiger partial charge on any atom is -0.339 e. The first kappa shape index (κ1) is 11.4. The molecule has 1 aliphatic heterocycles. The second-order valence-electron chi connectivity index (χ2n) is 3.79. The van der Waals surface area contributed by atoms with Gasteiger partial charge in [-0.05, 0) is 24.3 Å². The van der Waals surface area contributed by atoms with Gasteiger partial charge in [0.05, 0.1) is 6.33 Å². The van der Waals surface area contributed by atoms with Gasteiger partial charge in [-0.1, -0.05) is 11.6 Å². The highest BCUT2D eigenvalue weighted by Gasteiger charge is 2.31. The molecule has 1 unspecified atom stereocenters. The van der Waals surface area contributed by atoms with Crippen molar-refractivity contribution in [2.45, 2.75) is 5.50 Å². The van der Waals surface area contributed by atoms with Crippen molar-refractivity contribution < 1.29 is 4.79 Å². The number of fused-ring (bicyclic) bond motifs is 1. The van der Waals surface area contributed by atoms with Gasteiger partial charge in [0.2, 0.25) is 0 Å². The van der Waals surface area contributed by atoms with E-state index in [0.29, 0.717) is 16.5 Å². The Kier molecular flexibility index (Phi) is 2.68. The third-order valence-corrected chi connectivity index (χ3v) is 3.30. The van der Waals surface area contributed by atoms with E-state index in [0.717, 1.165) is 5.69 Å². The smallest absolute Gasteiger partial charge is 0.273 e. The molecule has 1 aliphatic rings. The molecule has 18 heavy (non-hydrogen) atoms. The minimum absolute atomic E-state index is 0.215. The second kappa shape index (κ2) is 4.22. The summed E-state index contributed by atoms with van der Waals surface area (Å²) in [6.45, 7) is 0. The number of imidazole rings is 1. The highest BCUT2D eigenvalue weighted by molar-refractivity contribution is 7.81. The number of carbonyl (C=O) groups excluding carboxylic acids is 1. The lowest BCUT2D eigenvalue weighted by Crippen LogP contribution is -2.47. The third kappa shape index (κ3) is 1.74. The number of benzene rings is 1. The first-order valence-electron chi connectivity index (χ1n) is 5.24. The standard InChI is InChI=1S/C11H9ClN4OS/c12-6-1-3-7(4-2-6)16-9-8(13-5-14-9)10(17)15-11(16)18/h1-5,11,18H,(H,13,14)(H,15,17). The van der Waals surface area contributed by atoms with Crippen LogP contribution in [0.15, 0.2) is 30.6 Å². The van der Waals surface area contributed by atoms with Gasteiger partial charge in [0.15, 0.2) is 11.3 Å². The lowest BCUT2D eigenvalue weighted by atomic mass is 10.2. The Hall–Kier alpha value is -1.66. The quantitative estimate of drug-likeness (QED) is 0.702. The van der Waals surface area contributed by atoms with Gasteiger partial charge in [-0.15, -0.1) is 12.6 Å². The number of hydrogen-bond acceptors (Lipinski definition) is 4. The molecule has 2 heterocycles. The van der Waals surface area contributed by atoms with E-state index in [4.69, 9.17) is 11.6 Å². The average Bonchev–Trinajstić information content (AvgIpc) is 2.81. The Bertz CT molecular complexity index is 597. The molecule has 0 radical (unpaired) electrons. The fourth-order valence-electron chi connectivity index (χ4n) is 1.87. The highest BCUT2D eigenvalue weighted by Crippen LogP contribution is 2.32. The second-order valence-corrected chi connectivity index (χ2v) is 4.72. The van der Waals surface area contributed by atoms with Crippen LogP contribution in [0.2, 0.25) is 5.02 Å². The van der Waals surface area contributed by atoms with Gasteiger partial charge in [0, 0.05) is 10.7 Å². The van der Waals surface area contributed by atoms with Crippen LogP contribution in [0.3, 0.4) is 0 Å². The maximum absolute atomic E-state index is 11.7. The summed E-state index contributed by atoms with van der Waals surface area (Å²) in [6, 6.07) is 7.25. The number of amides is 1. The summed E-state index contributed by atoms with van der Waals surface area (Å²) in [4.78, 5) is 20.5. The number of nitrogens with one attached hydrogen (secondary N) is 2. The highest BCUT2D eigenvalue weighted by atomic mass is 35.5. The molecule has 3 rings (SSSR count). The van der Waals surface area contributed by atoms with Gasteiger partial charge in [0.25, 0.3) is 5.91 Å². The van der Waals surface area contributed by atoms with E-state index in [-0.39, 0.29) is 5.91 Å². The van der Waals surface area contributed by atoms with Crippen LogP contribution >= 0.6 is 24.2 Å². The van der Waals surface area contributed by atoms with Gasteiger partial charge in [-0.2, -0.15) is 0 Å². The van der Waals surface area contributed by atoms with Crippen LogP contribution in [0.1, 0.15) is 10.5 Å². The van der Waals surface area contributed by atoms with E-state index in [1.165, 1.54) is 6.33 Å². The maximum atomic E-state index is 11.7. The maximum Gasteiger partial charge on any atom is 0.273 e. The molecular formula is C11H9ClN4OS. The summed E-state index contributed by atoms with van der Waals surface area (Å²) in [6.07, 6.45) is 1.49. The van der Waals surface area contributed by atoms with Crippen molar-refractivity contribution in [2.24, 2.45) is 0 Å². The zero-order valence-electron chi connectivity index (χ0n) is 9.09. The van der Waals surface area contributed by atoms with E-state index in [2.05, 4.69) is 27.9 Å². The number of aromatic amines is 1. The number of halogens is 1. The number of nitrogens with zero attached hydrogens (tertiary/aromatic N) is 2. The summed E-state index contributed by atoms with van der Waals surface area (Å²) in [5.41, 5.74) is 0.817. The SMILES string of the molecule is O=C1NC(S)N(c2ccc(Cl)cc2)c2nc[nH]c21. The number of hydrogen-bond donors (Lipinski definition) is 3. The number of rotatable bonds is 1. The number of carbonyl (C=O) groups is 1. The van der Waals surface area contributed by atoms with E-state index in [1.54, 1.807) is 12.1 Å². The molecule has 1 aromatic heterocycles. The molecule has 0 saturated carbocycles. The van der Waals surface area contributed by atoms with Crippen molar-refractivity contribution in [1.82, 2.24) is 15.3 Å². The zero-order valence-corrected chi connectivity index (χ0v) is 10.7. The van der Waals surface area contributed by atoms with Crippen molar-refractivity contribution in [3.05, 3.63) is 41.3 Å². The van der Waals surface area contributed by atoms with Gasteiger partial charge < -0.3 is 10.3 Å². The van der Waals surface area contributed by atoms with E-state index >= 15 is 0 Å². The molecule has 0 aliphatic carbocycles. The van der Waals surface area contributed by atoms with Crippen LogP contribution in [0.25, 0.3) is 0 Å². The molecule has 0 saturated heterocycles. The summed E-state index contributed by atoms with van der Waals surface area (Å²) in [5.74, 6) is 0.341. The molecule has 0 fully saturated rings. The summed E-state index contributed by atoms with van der Waals surface area (Å²) >= 11 is 10.2.